The molecule has 0 bridgehead atoms. The molecule has 3 amide bonds. The second kappa shape index (κ2) is 8.99. The second-order valence-corrected chi connectivity index (χ2v) is 8.11. The predicted octanol–water partition coefficient (Wildman–Crippen LogP) is 2.90. The molecule has 0 radical (unpaired) electrons. The maximum Gasteiger partial charge on any atom is 0.348 e. The number of nitrogens with one attached hydrogen (secondary N) is 2. The molecule has 6 nitrogen and oxygen atoms in total. The third-order valence-electron chi connectivity index (χ3n) is 4.12. The van der Waals surface area contributed by atoms with Crippen LogP contribution >= 0.6 is 11.3 Å². The first-order chi connectivity index (χ1) is 11.8. The summed E-state index contributed by atoms with van der Waals surface area (Å²) in [4.78, 5) is 37.1. The molecule has 1 aromatic rings. The van der Waals surface area contributed by atoms with E-state index in [1.807, 2.05) is 19.9 Å². The summed E-state index contributed by atoms with van der Waals surface area (Å²) < 4.78 is 5.02. The molecule has 0 spiro atoms. The van der Waals surface area contributed by atoms with Crippen LogP contribution in [-0.2, 0) is 22.4 Å². The van der Waals surface area contributed by atoms with Gasteiger partial charge in [0.2, 0.25) is 0 Å². The van der Waals surface area contributed by atoms with Crippen LogP contribution in [0.4, 0.5) is 4.79 Å². The summed E-state index contributed by atoms with van der Waals surface area (Å²) in [5.74, 6) is -0.0460. The van der Waals surface area contributed by atoms with E-state index in [9.17, 15) is 14.4 Å². The van der Waals surface area contributed by atoms with E-state index >= 15 is 0 Å². The van der Waals surface area contributed by atoms with Gasteiger partial charge in [-0.1, -0.05) is 20.8 Å². The highest BCUT2D eigenvalue weighted by molar-refractivity contribution is 7.14. The normalized spacial score (nSPS) is 16.2. The van der Waals surface area contributed by atoms with E-state index in [1.165, 1.54) is 21.8 Å². The maximum absolute atomic E-state index is 12.1. The Kier molecular flexibility index (Phi) is 6.99. The molecule has 1 atom stereocenters. The Morgan fingerprint density at radius 1 is 1.36 bits per heavy atom. The molecular weight excluding hydrogens is 340 g/mol. The number of carbonyl (C=O) groups is 3. The molecule has 7 heteroatoms. The Morgan fingerprint density at radius 2 is 2.12 bits per heavy atom. The zero-order valence-corrected chi connectivity index (χ0v) is 15.8. The highest BCUT2D eigenvalue weighted by atomic mass is 32.1. The van der Waals surface area contributed by atoms with Crippen molar-refractivity contribution in [2.24, 2.45) is 11.8 Å². The molecule has 25 heavy (non-hydrogen) atoms. The quantitative estimate of drug-likeness (QED) is 0.758. The van der Waals surface area contributed by atoms with Crippen LogP contribution in [0.15, 0.2) is 6.07 Å². The lowest BCUT2D eigenvalue weighted by Gasteiger charge is -2.16. The van der Waals surface area contributed by atoms with Gasteiger partial charge < -0.3 is 10.1 Å². The van der Waals surface area contributed by atoms with Crippen LogP contribution in [0, 0.1) is 11.8 Å². The zero-order chi connectivity index (χ0) is 18.4. The Bertz CT molecular complexity index is 639. The average Bonchev–Trinajstić information content (AvgIpc) is 2.95. The summed E-state index contributed by atoms with van der Waals surface area (Å²) in [6.07, 6.45) is 3.94. The second-order valence-electron chi connectivity index (χ2n) is 6.97. The number of fused-ring (bicyclic) bond motifs is 1. The molecule has 0 unspecified atom stereocenters. The van der Waals surface area contributed by atoms with Crippen LogP contribution in [0.3, 0.4) is 0 Å². The van der Waals surface area contributed by atoms with Crippen molar-refractivity contribution in [1.29, 1.82) is 0 Å². The van der Waals surface area contributed by atoms with Gasteiger partial charge in [-0.3, -0.25) is 10.1 Å². The van der Waals surface area contributed by atoms with Crippen molar-refractivity contribution in [1.82, 2.24) is 10.6 Å². The molecule has 2 N–H and O–H groups in total. The molecule has 1 heterocycles. The van der Waals surface area contributed by atoms with E-state index in [0.29, 0.717) is 23.3 Å². The molecule has 0 fully saturated rings. The van der Waals surface area contributed by atoms with Crippen molar-refractivity contribution >= 4 is 29.2 Å². The topological polar surface area (TPSA) is 84.5 Å². The molecular formula is C18H26N2O4S. The molecule has 1 aliphatic carbocycles. The van der Waals surface area contributed by atoms with Crippen molar-refractivity contribution in [3.63, 3.8) is 0 Å². The SMILES string of the molecule is CC(C)CCNC(=O)NC(=O)COC(=O)c1cc2c(s1)CC[C@H](C)C2. The van der Waals surface area contributed by atoms with Crippen LogP contribution in [0.1, 0.15) is 53.7 Å². The Morgan fingerprint density at radius 3 is 2.84 bits per heavy atom. The number of hydrogen-bond acceptors (Lipinski definition) is 5. The molecule has 0 aliphatic heterocycles. The number of hydrogen-bond donors (Lipinski definition) is 2. The van der Waals surface area contributed by atoms with Gasteiger partial charge in [0.25, 0.3) is 5.91 Å². The Balaban J connectivity index is 1.74. The minimum Gasteiger partial charge on any atom is -0.451 e. The van der Waals surface area contributed by atoms with E-state index in [2.05, 4.69) is 17.6 Å². The van der Waals surface area contributed by atoms with Gasteiger partial charge in [-0.2, -0.15) is 0 Å². The lowest BCUT2D eigenvalue weighted by Crippen LogP contribution is -2.41. The van der Waals surface area contributed by atoms with E-state index in [-0.39, 0.29) is 0 Å². The third-order valence-corrected chi connectivity index (χ3v) is 5.34. The number of urea groups is 1. The fraction of sp³-hybridized carbons (Fsp3) is 0.611. The van der Waals surface area contributed by atoms with Gasteiger partial charge in [-0.05, 0) is 49.1 Å². The van der Waals surface area contributed by atoms with Gasteiger partial charge in [0.15, 0.2) is 6.61 Å². The molecule has 138 valence electrons. The number of carbonyl (C=O) groups excluding carboxylic acids is 3. The lowest BCUT2D eigenvalue weighted by atomic mass is 9.90. The molecule has 0 saturated carbocycles. The molecule has 0 aromatic carbocycles. The number of aryl methyl sites for hydroxylation is 1. The fourth-order valence-corrected chi connectivity index (χ4v) is 3.79. The Labute approximate surface area is 152 Å². The minimum atomic E-state index is -0.634. The number of thiophene rings is 1. The summed E-state index contributed by atoms with van der Waals surface area (Å²) in [6, 6.07) is 1.30. The standard InChI is InChI=1S/C18H26N2O4S/c1-11(2)6-7-19-18(23)20-16(21)10-24-17(22)15-9-13-8-12(3)4-5-14(13)25-15/h9,11-12H,4-8,10H2,1-3H3,(H2,19,20,21,23)/t12-/m0/s1. The summed E-state index contributed by atoms with van der Waals surface area (Å²) >= 11 is 1.44. The summed E-state index contributed by atoms with van der Waals surface area (Å²) in [6.45, 7) is 6.33. The number of esters is 1. The smallest absolute Gasteiger partial charge is 0.348 e. The Hall–Kier alpha value is -1.89. The van der Waals surface area contributed by atoms with Crippen molar-refractivity contribution < 1.29 is 19.1 Å². The zero-order valence-electron chi connectivity index (χ0n) is 15.0. The predicted molar refractivity (Wildman–Crippen MR) is 96.8 cm³/mol. The van der Waals surface area contributed by atoms with Gasteiger partial charge in [0, 0.05) is 11.4 Å². The van der Waals surface area contributed by atoms with Gasteiger partial charge in [-0.25, -0.2) is 9.59 Å². The number of rotatable bonds is 6. The number of imide groups is 1. The van der Waals surface area contributed by atoms with Crippen LogP contribution in [0.5, 0.6) is 0 Å². The maximum atomic E-state index is 12.1. The molecule has 0 saturated heterocycles. The van der Waals surface area contributed by atoms with Crippen LogP contribution in [-0.4, -0.2) is 31.1 Å². The monoisotopic (exact) mass is 366 g/mol. The summed E-state index contributed by atoms with van der Waals surface area (Å²) in [5.41, 5.74) is 1.21. The van der Waals surface area contributed by atoms with Crippen LogP contribution in [0.2, 0.25) is 0 Å². The molecule has 1 aromatic heterocycles. The van der Waals surface area contributed by atoms with E-state index in [0.717, 1.165) is 25.7 Å². The first-order valence-corrected chi connectivity index (χ1v) is 9.53. The van der Waals surface area contributed by atoms with Crippen molar-refractivity contribution in [2.75, 3.05) is 13.2 Å². The average molecular weight is 366 g/mol. The van der Waals surface area contributed by atoms with Crippen molar-refractivity contribution in [2.45, 2.75) is 46.5 Å². The van der Waals surface area contributed by atoms with Crippen LogP contribution < -0.4 is 10.6 Å². The van der Waals surface area contributed by atoms with Crippen molar-refractivity contribution in [3.8, 4) is 0 Å². The minimum absolute atomic E-state index is 0.463. The summed E-state index contributed by atoms with van der Waals surface area (Å²) in [5, 5.41) is 4.74. The van der Waals surface area contributed by atoms with Crippen LogP contribution in [0.25, 0.3) is 0 Å². The van der Waals surface area contributed by atoms with Gasteiger partial charge in [0.1, 0.15) is 4.88 Å². The highest BCUT2D eigenvalue weighted by Gasteiger charge is 2.22. The first-order valence-electron chi connectivity index (χ1n) is 8.71. The molecule has 2 rings (SSSR count). The first kappa shape index (κ1) is 19.4. The summed E-state index contributed by atoms with van der Waals surface area (Å²) in [7, 11) is 0. The van der Waals surface area contributed by atoms with E-state index in [4.69, 9.17) is 4.74 Å². The third kappa shape index (κ3) is 6.16. The molecule has 1 aliphatic rings. The van der Waals surface area contributed by atoms with Gasteiger partial charge in [-0.15, -0.1) is 11.3 Å². The number of amides is 3. The van der Waals surface area contributed by atoms with Gasteiger partial charge >= 0.3 is 12.0 Å². The fourth-order valence-electron chi connectivity index (χ4n) is 2.69. The lowest BCUT2D eigenvalue weighted by molar-refractivity contribution is -0.123. The van der Waals surface area contributed by atoms with E-state index < -0.39 is 24.5 Å². The van der Waals surface area contributed by atoms with E-state index in [1.54, 1.807) is 0 Å². The number of ether oxygens (including phenoxy) is 1. The highest BCUT2D eigenvalue weighted by Crippen LogP contribution is 2.32. The van der Waals surface area contributed by atoms with Gasteiger partial charge in [0.05, 0.1) is 0 Å². The largest absolute Gasteiger partial charge is 0.451 e. The van der Waals surface area contributed by atoms with Crippen molar-refractivity contribution in [3.05, 3.63) is 21.4 Å².